The molecule has 1 aliphatic heterocycles. The molecule has 2 unspecified atom stereocenters. The first kappa shape index (κ1) is 20.9. The maximum atomic E-state index is 12.8. The molecule has 0 bridgehead atoms. The Morgan fingerprint density at radius 1 is 1.16 bits per heavy atom. The van der Waals surface area contributed by atoms with Crippen LogP contribution in [-0.2, 0) is 9.59 Å². The minimum absolute atomic E-state index is 0.0512. The minimum Gasteiger partial charge on any atom is -0.478 e. The van der Waals surface area contributed by atoms with Crippen LogP contribution in [0.4, 0.5) is 13.2 Å². The van der Waals surface area contributed by atoms with Crippen LogP contribution in [0.2, 0.25) is 0 Å². The monoisotopic (exact) mass is 433 g/mol. The molecule has 0 saturated heterocycles. The molecule has 162 valence electrons. The summed E-state index contributed by atoms with van der Waals surface area (Å²) in [6.07, 6.45) is -3.36. The lowest BCUT2D eigenvalue weighted by atomic mass is 9.71. The van der Waals surface area contributed by atoms with Gasteiger partial charge < -0.3 is 14.3 Å². The number of ether oxygens (including phenoxy) is 1. The van der Waals surface area contributed by atoms with Gasteiger partial charge in [0, 0.05) is 17.8 Å². The molecule has 1 aromatic carbocycles. The molecule has 1 N–H and O–H groups in total. The van der Waals surface area contributed by atoms with Crippen molar-refractivity contribution in [3.8, 4) is 17.1 Å². The summed E-state index contributed by atoms with van der Waals surface area (Å²) in [5, 5.41) is 9.79. The van der Waals surface area contributed by atoms with Crippen LogP contribution in [0, 0.1) is 5.92 Å². The van der Waals surface area contributed by atoms with Crippen molar-refractivity contribution in [2.24, 2.45) is 10.9 Å². The number of ketones is 1. The number of aliphatic imine (C=N–C) groups is 1. The van der Waals surface area contributed by atoms with E-state index in [0.717, 1.165) is 6.07 Å². The minimum atomic E-state index is -4.88. The first-order valence-electron chi connectivity index (χ1n) is 9.65. The maximum Gasteiger partial charge on any atom is 0.573 e. The summed E-state index contributed by atoms with van der Waals surface area (Å²) in [6.45, 7) is 1.56. The fourth-order valence-corrected chi connectivity index (χ4v) is 4.25. The molecule has 2 heterocycles. The number of benzene rings is 1. The van der Waals surface area contributed by atoms with Crippen LogP contribution < -0.4 is 4.74 Å². The third kappa shape index (κ3) is 3.99. The Balaban J connectivity index is 1.79. The van der Waals surface area contributed by atoms with Crippen LogP contribution in [0.5, 0.6) is 5.75 Å². The predicted octanol–water partition coefficient (Wildman–Crippen LogP) is 5.11. The van der Waals surface area contributed by atoms with E-state index in [4.69, 9.17) is 4.42 Å². The average Bonchev–Trinajstić information content (AvgIpc) is 3.15. The van der Waals surface area contributed by atoms with Gasteiger partial charge in [0.1, 0.15) is 23.1 Å². The van der Waals surface area contributed by atoms with E-state index in [0.29, 0.717) is 25.0 Å². The number of halogens is 3. The first-order valence-corrected chi connectivity index (χ1v) is 9.65. The lowest BCUT2D eigenvalue weighted by Gasteiger charge is -2.33. The molecule has 2 aliphatic rings. The Morgan fingerprint density at radius 3 is 2.61 bits per heavy atom. The van der Waals surface area contributed by atoms with Crippen molar-refractivity contribution in [2.75, 3.05) is 0 Å². The molecule has 9 heteroatoms. The number of alkyl halides is 3. The molecule has 2 aromatic rings. The number of carboxylic acids is 1. The number of hydrogen-bond donors (Lipinski definition) is 1. The standard InChI is InChI=1S/C22H18F3NO5/c1-11-18(21(28)29)20(19-13(26-11)6-4-7-14(19)27)17-10-9-15(30-17)12-5-2-3-8-16(12)31-22(23,24)25/h2-3,5,8-10,19-20H,4,6-7H2,1H3,(H,28,29). The zero-order valence-corrected chi connectivity index (χ0v) is 16.4. The summed E-state index contributed by atoms with van der Waals surface area (Å²) < 4.78 is 48.2. The predicted molar refractivity (Wildman–Crippen MR) is 104 cm³/mol. The molecule has 2 atom stereocenters. The summed E-state index contributed by atoms with van der Waals surface area (Å²) in [5.74, 6) is -3.19. The van der Waals surface area contributed by atoms with Gasteiger partial charge in [0.05, 0.1) is 23.0 Å². The number of rotatable bonds is 4. The highest BCUT2D eigenvalue weighted by molar-refractivity contribution is 6.11. The number of carbonyl (C=O) groups excluding carboxylic acids is 1. The van der Waals surface area contributed by atoms with Gasteiger partial charge in [-0.1, -0.05) is 12.1 Å². The van der Waals surface area contributed by atoms with E-state index in [1.807, 2.05) is 0 Å². The van der Waals surface area contributed by atoms with Crippen molar-refractivity contribution in [1.82, 2.24) is 0 Å². The van der Waals surface area contributed by atoms with E-state index in [1.165, 1.54) is 30.3 Å². The van der Waals surface area contributed by atoms with E-state index in [1.54, 1.807) is 6.92 Å². The summed E-state index contributed by atoms with van der Waals surface area (Å²) in [4.78, 5) is 29.0. The van der Waals surface area contributed by atoms with Crippen LogP contribution in [0.3, 0.4) is 0 Å². The number of carboxylic acid groups (broad SMARTS) is 1. The van der Waals surface area contributed by atoms with Crippen molar-refractivity contribution in [3.05, 3.63) is 53.4 Å². The fourth-order valence-electron chi connectivity index (χ4n) is 4.25. The second-order valence-electron chi connectivity index (χ2n) is 7.43. The van der Waals surface area contributed by atoms with Crippen LogP contribution in [-0.4, -0.2) is 28.9 Å². The normalized spacial score (nSPS) is 21.5. The van der Waals surface area contributed by atoms with E-state index in [-0.39, 0.29) is 34.1 Å². The number of aliphatic carboxylic acids is 1. The second kappa shape index (κ2) is 7.72. The molecule has 1 saturated carbocycles. The van der Waals surface area contributed by atoms with Crippen molar-refractivity contribution >= 4 is 17.5 Å². The highest BCUT2D eigenvalue weighted by Crippen LogP contribution is 2.45. The molecule has 1 aromatic heterocycles. The van der Waals surface area contributed by atoms with E-state index >= 15 is 0 Å². The van der Waals surface area contributed by atoms with Gasteiger partial charge in [-0.05, 0) is 44.0 Å². The molecular formula is C22H18F3NO5. The maximum absolute atomic E-state index is 12.8. The third-order valence-electron chi connectivity index (χ3n) is 5.45. The van der Waals surface area contributed by atoms with Gasteiger partial charge in [0.15, 0.2) is 0 Å². The van der Waals surface area contributed by atoms with E-state index in [9.17, 15) is 27.9 Å². The summed E-state index contributed by atoms with van der Waals surface area (Å²) in [6, 6.07) is 8.43. The SMILES string of the molecule is CC1=C(C(=O)O)C(c2ccc(-c3ccccc3OC(F)(F)F)o2)C2C(=O)CCCC2=N1. The molecule has 0 amide bonds. The molecular weight excluding hydrogens is 415 g/mol. The van der Waals surface area contributed by atoms with Gasteiger partial charge in [-0.3, -0.25) is 9.79 Å². The van der Waals surface area contributed by atoms with Crippen molar-refractivity contribution < 1.29 is 37.0 Å². The van der Waals surface area contributed by atoms with Crippen LogP contribution in [0.1, 0.15) is 37.9 Å². The van der Waals surface area contributed by atoms with E-state index < -0.39 is 29.9 Å². The van der Waals surface area contributed by atoms with Crippen molar-refractivity contribution in [1.29, 1.82) is 0 Å². The summed E-state index contributed by atoms with van der Waals surface area (Å²) >= 11 is 0. The summed E-state index contributed by atoms with van der Waals surface area (Å²) in [7, 11) is 0. The number of carbonyl (C=O) groups is 2. The Hall–Kier alpha value is -3.36. The smallest absolute Gasteiger partial charge is 0.478 e. The fraction of sp³-hybridized carbons (Fsp3) is 0.318. The number of nitrogens with zero attached hydrogens (tertiary/aromatic N) is 1. The molecule has 0 radical (unpaired) electrons. The third-order valence-corrected chi connectivity index (χ3v) is 5.45. The van der Waals surface area contributed by atoms with E-state index in [2.05, 4.69) is 9.73 Å². The molecule has 6 nitrogen and oxygen atoms in total. The van der Waals surface area contributed by atoms with Crippen LogP contribution >= 0.6 is 0 Å². The highest BCUT2D eigenvalue weighted by atomic mass is 19.4. The Kier molecular flexibility index (Phi) is 5.20. The Bertz CT molecular complexity index is 1110. The average molecular weight is 433 g/mol. The van der Waals surface area contributed by atoms with Crippen LogP contribution in [0.15, 0.2) is 57.1 Å². The quantitative estimate of drug-likeness (QED) is 0.724. The van der Waals surface area contributed by atoms with Crippen molar-refractivity contribution in [2.45, 2.75) is 38.5 Å². The number of hydrogen-bond acceptors (Lipinski definition) is 5. The molecule has 1 fully saturated rings. The van der Waals surface area contributed by atoms with Crippen molar-refractivity contribution in [3.63, 3.8) is 0 Å². The van der Waals surface area contributed by atoms with Gasteiger partial charge in [-0.25, -0.2) is 4.79 Å². The summed E-state index contributed by atoms with van der Waals surface area (Å²) in [5.41, 5.74) is 0.910. The number of Topliss-reactive ketones (excluding diaryl/α,β-unsaturated/α-hetero) is 1. The molecule has 4 rings (SSSR count). The Labute approximate surface area is 175 Å². The number of para-hydroxylation sites is 1. The number of fused-ring (bicyclic) bond motifs is 1. The second-order valence-corrected chi connectivity index (χ2v) is 7.43. The topological polar surface area (TPSA) is 89.1 Å². The molecule has 1 aliphatic carbocycles. The van der Waals surface area contributed by atoms with Crippen LogP contribution in [0.25, 0.3) is 11.3 Å². The van der Waals surface area contributed by atoms with Gasteiger partial charge in [-0.2, -0.15) is 0 Å². The molecule has 31 heavy (non-hydrogen) atoms. The number of furan rings is 1. The largest absolute Gasteiger partial charge is 0.573 e. The zero-order valence-electron chi connectivity index (χ0n) is 16.4. The molecule has 0 spiro atoms. The van der Waals surface area contributed by atoms with Gasteiger partial charge in [-0.15, -0.1) is 13.2 Å². The highest BCUT2D eigenvalue weighted by Gasteiger charge is 2.45. The lowest BCUT2D eigenvalue weighted by molar-refractivity contribution is -0.274. The van der Waals surface area contributed by atoms with Gasteiger partial charge in [0.25, 0.3) is 0 Å². The lowest BCUT2D eigenvalue weighted by Crippen LogP contribution is -2.38. The van der Waals surface area contributed by atoms with Gasteiger partial charge in [0.2, 0.25) is 0 Å². The Morgan fingerprint density at radius 2 is 1.90 bits per heavy atom. The first-order chi connectivity index (χ1) is 14.7. The zero-order chi connectivity index (χ0) is 22.3. The number of allylic oxidation sites excluding steroid dienone is 1. The van der Waals surface area contributed by atoms with Gasteiger partial charge >= 0.3 is 12.3 Å².